The van der Waals surface area contributed by atoms with Crippen LogP contribution >= 0.6 is 0 Å². The fourth-order valence-electron chi connectivity index (χ4n) is 7.47. The molecule has 0 amide bonds. The Morgan fingerprint density at radius 3 is 1.70 bits per heavy atom. The van der Waals surface area contributed by atoms with E-state index in [-0.39, 0.29) is 0 Å². The highest BCUT2D eigenvalue weighted by molar-refractivity contribution is 6.88. The lowest BCUT2D eigenvalue weighted by Gasteiger charge is -2.30. The third kappa shape index (κ3) is 5.03. The maximum Gasteiger partial charge on any atom is 0.138 e. The Labute approximate surface area is 294 Å². The number of hydrogen-bond donors (Lipinski definition) is 0. The Morgan fingerprint density at radius 2 is 1.02 bits per heavy atom. The number of anilines is 6. The first-order valence-electron chi connectivity index (χ1n) is 17.4. The standard InChI is InChI=1S/C46H38N2OSi/c1-31-15-20-36(21-16-31)47(34-11-7-5-8-12-34)38-29-33-18-17-32-19-26-40-41(27-28-42-46(40)45(32)44(33)43(30-38)49-42)48(35-13-9-6-10-14-35)37-22-24-39(25-23-37)50(2,3)4/h5-30H,1-4H3. The predicted octanol–water partition coefficient (Wildman–Crippen LogP) is 13.0. The molecule has 0 aliphatic carbocycles. The Balaban J connectivity index is 1.26. The molecule has 3 nitrogen and oxygen atoms in total. The van der Waals surface area contributed by atoms with Crippen molar-refractivity contribution < 1.29 is 4.74 Å². The monoisotopic (exact) mass is 662 g/mol. The van der Waals surface area contributed by atoms with Crippen LogP contribution in [0.1, 0.15) is 5.56 Å². The molecule has 0 aromatic heterocycles. The highest BCUT2D eigenvalue weighted by atomic mass is 28.3. The quantitative estimate of drug-likeness (QED) is 0.125. The summed E-state index contributed by atoms with van der Waals surface area (Å²) in [6.45, 7) is 9.32. The maximum absolute atomic E-state index is 6.93. The fraction of sp³-hybridized carbons (Fsp3) is 0.0870. The first-order chi connectivity index (χ1) is 24.3. The smallest absolute Gasteiger partial charge is 0.138 e. The van der Waals surface area contributed by atoms with Crippen LogP contribution in [-0.2, 0) is 0 Å². The summed E-state index contributed by atoms with van der Waals surface area (Å²) in [5.41, 5.74) is 7.91. The van der Waals surface area contributed by atoms with Crippen molar-refractivity contribution in [3.63, 3.8) is 0 Å². The second-order valence-corrected chi connectivity index (χ2v) is 19.4. The van der Waals surface area contributed by atoms with Crippen molar-refractivity contribution in [3.8, 4) is 11.5 Å². The normalized spacial score (nSPS) is 12.2. The van der Waals surface area contributed by atoms with Gasteiger partial charge in [0.25, 0.3) is 0 Å². The molecular formula is C46H38N2OSi. The van der Waals surface area contributed by atoms with Crippen LogP contribution in [0, 0.1) is 6.92 Å². The van der Waals surface area contributed by atoms with Crippen molar-refractivity contribution in [1.82, 2.24) is 0 Å². The van der Waals surface area contributed by atoms with E-state index >= 15 is 0 Å². The van der Waals surface area contributed by atoms with Gasteiger partial charge in [0.2, 0.25) is 0 Å². The minimum atomic E-state index is -1.44. The van der Waals surface area contributed by atoms with Crippen LogP contribution in [0.4, 0.5) is 34.1 Å². The molecule has 8 aromatic carbocycles. The molecule has 0 unspecified atom stereocenters. The Hall–Kier alpha value is -5.84. The molecule has 242 valence electrons. The van der Waals surface area contributed by atoms with Crippen molar-refractivity contribution in [1.29, 1.82) is 0 Å². The molecule has 8 aromatic rings. The predicted molar refractivity (Wildman–Crippen MR) is 216 cm³/mol. The lowest BCUT2D eigenvalue weighted by atomic mass is 9.92. The molecule has 0 bridgehead atoms. The Kier molecular flexibility index (Phi) is 7.04. The van der Waals surface area contributed by atoms with Crippen LogP contribution in [0.2, 0.25) is 19.6 Å². The summed E-state index contributed by atoms with van der Waals surface area (Å²) in [5.74, 6) is 1.76. The molecule has 0 fully saturated rings. The zero-order valence-electron chi connectivity index (χ0n) is 28.8. The minimum absolute atomic E-state index is 0.880. The highest BCUT2D eigenvalue weighted by Gasteiger charge is 2.26. The van der Waals surface area contributed by atoms with Gasteiger partial charge in [0.15, 0.2) is 0 Å². The molecule has 50 heavy (non-hydrogen) atoms. The molecule has 0 saturated heterocycles. The van der Waals surface area contributed by atoms with Crippen molar-refractivity contribution in [2.75, 3.05) is 9.80 Å². The van der Waals surface area contributed by atoms with E-state index in [1.54, 1.807) is 0 Å². The first-order valence-corrected chi connectivity index (χ1v) is 20.9. The summed E-state index contributed by atoms with van der Waals surface area (Å²) in [6, 6.07) is 57.1. The van der Waals surface area contributed by atoms with Gasteiger partial charge in [-0.15, -0.1) is 0 Å². The van der Waals surface area contributed by atoms with Crippen molar-refractivity contribution in [2.45, 2.75) is 26.6 Å². The van der Waals surface area contributed by atoms with Crippen LogP contribution in [0.5, 0.6) is 11.5 Å². The second kappa shape index (κ2) is 11.6. The summed E-state index contributed by atoms with van der Waals surface area (Å²) < 4.78 is 6.93. The van der Waals surface area contributed by atoms with Crippen molar-refractivity contribution >= 4 is 79.7 Å². The summed E-state index contributed by atoms with van der Waals surface area (Å²) in [6.07, 6.45) is 0. The van der Waals surface area contributed by atoms with E-state index in [4.69, 9.17) is 4.74 Å². The van der Waals surface area contributed by atoms with E-state index in [9.17, 15) is 0 Å². The molecule has 1 heterocycles. The van der Waals surface area contributed by atoms with Crippen molar-refractivity contribution in [3.05, 3.63) is 163 Å². The van der Waals surface area contributed by atoms with Crippen LogP contribution in [-0.4, -0.2) is 8.07 Å². The molecule has 1 aliphatic heterocycles. The number of para-hydroxylation sites is 2. The summed E-state index contributed by atoms with van der Waals surface area (Å²) >= 11 is 0. The number of ether oxygens (including phenoxy) is 1. The average Bonchev–Trinajstić information content (AvgIpc) is 3.14. The third-order valence-corrected chi connectivity index (χ3v) is 12.1. The van der Waals surface area contributed by atoms with E-state index in [2.05, 4.69) is 194 Å². The van der Waals surface area contributed by atoms with Gasteiger partial charge in [-0.2, -0.15) is 0 Å². The molecule has 1 aliphatic rings. The van der Waals surface area contributed by atoms with Gasteiger partial charge in [-0.05, 0) is 84.4 Å². The largest absolute Gasteiger partial charge is 0.456 e. The molecule has 0 atom stereocenters. The summed E-state index contributed by atoms with van der Waals surface area (Å²) in [4.78, 5) is 4.70. The third-order valence-electron chi connectivity index (χ3n) is 9.99. The van der Waals surface area contributed by atoms with Gasteiger partial charge in [-0.3, -0.25) is 0 Å². The van der Waals surface area contributed by atoms with Gasteiger partial charge >= 0.3 is 0 Å². The number of benzene rings is 8. The van der Waals surface area contributed by atoms with E-state index in [0.29, 0.717) is 0 Å². The topological polar surface area (TPSA) is 15.7 Å². The van der Waals surface area contributed by atoms with Crippen LogP contribution < -0.4 is 19.7 Å². The van der Waals surface area contributed by atoms with Gasteiger partial charge in [0.1, 0.15) is 11.5 Å². The number of aryl methyl sites for hydroxylation is 1. The van der Waals surface area contributed by atoms with Gasteiger partial charge in [-0.25, -0.2) is 0 Å². The van der Waals surface area contributed by atoms with Crippen LogP contribution in [0.3, 0.4) is 0 Å². The van der Waals surface area contributed by atoms with Crippen LogP contribution in [0.15, 0.2) is 158 Å². The Bertz CT molecular complexity index is 2540. The minimum Gasteiger partial charge on any atom is -0.456 e. The Morgan fingerprint density at radius 1 is 0.440 bits per heavy atom. The average molecular weight is 663 g/mol. The van der Waals surface area contributed by atoms with Gasteiger partial charge in [0, 0.05) is 50.4 Å². The molecule has 4 heteroatoms. The number of hydrogen-bond acceptors (Lipinski definition) is 3. The molecular weight excluding hydrogens is 625 g/mol. The first kappa shape index (κ1) is 30.2. The van der Waals surface area contributed by atoms with E-state index < -0.39 is 8.07 Å². The fourth-order valence-corrected chi connectivity index (χ4v) is 8.63. The van der Waals surface area contributed by atoms with Gasteiger partial charge in [0.05, 0.1) is 19.4 Å². The van der Waals surface area contributed by atoms with E-state index in [1.807, 2.05) is 0 Å². The van der Waals surface area contributed by atoms with Gasteiger partial charge < -0.3 is 14.5 Å². The lowest BCUT2D eigenvalue weighted by molar-refractivity contribution is 0.493. The zero-order valence-corrected chi connectivity index (χ0v) is 29.8. The summed E-state index contributed by atoms with van der Waals surface area (Å²) in [7, 11) is -1.44. The highest BCUT2D eigenvalue weighted by Crippen LogP contribution is 2.52. The molecule has 9 rings (SSSR count). The second-order valence-electron chi connectivity index (χ2n) is 14.4. The summed E-state index contributed by atoms with van der Waals surface area (Å²) in [5, 5.41) is 8.55. The maximum atomic E-state index is 6.93. The number of rotatable bonds is 7. The van der Waals surface area contributed by atoms with E-state index in [1.165, 1.54) is 26.9 Å². The number of nitrogens with zero attached hydrogens (tertiary/aromatic N) is 2. The zero-order chi connectivity index (χ0) is 34.0. The SMILES string of the molecule is Cc1ccc(N(c2ccccc2)c2cc3c4c(ccc5ccc6c(N(c7ccccc7)c7ccc([Si](C)(C)C)cc7)ccc(c6c54)O3)c2)cc1. The van der Waals surface area contributed by atoms with Crippen LogP contribution in [0.25, 0.3) is 32.3 Å². The van der Waals surface area contributed by atoms with Crippen molar-refractivity contribution in [2.24, 2.45) is 0 Å². The van der Waals surface area contributed by atoms with Gasteiger partial charge in [-0.1, -0.05) is 115 Å². The molecule has 0 spiro atoms. The molecule has 0 N–H and O–H groups in total. The molecule has 0 saturated carbocycles. The lowest BCUT2D eigenvalue weighted by Crippen LogP contribution is -2.37. The van der Waals surface area contributed by atoms with E-state index in [0.717, 1.165) is 61.8 Å². The molecule has 0 radical (unpaired) electrons.